The van der Waals surface area contributed by atoms with Gasteiger partial charge in [0.25, 0.3) is 0 Å². The average molecular weight is 249 g/mol. The number of carbonyl (C=O) groups is 2. The smallest absolute Gasteiger partial charge is 0.330 e. The van der Waals surface area contributed by atoms with Gasteiger partial charge >= 0.3 is 5.97 Å². The molecule has 1 aromatic rings. The number of esters is 1. The molecule has 0 aromatic heterocycles. The number of amides is 1. The van der Waals surface area contributed by atoms with Crippen molar-refractivity contribution in [3.63, 3.8) is 0 Å². The van der Waals surface area contributed by atoms with Crippen LogP contribution in [0, 0.1) is 12.8 Å². The minimum absolute atomic E-state index is 0.0977. The van der Waals surface area contributed by atoms with Crippen molar-refractivity contribution in [3.8, 4) is 5.75 Å². The molecule has 0 spiro atoms. The van der Waals surface area contributed by atoms with E-state index in [2.05, 4.69) is 5.32 Å². The van der Waals surface area contributed by atoms with Gasteiger partial charge in [-0.2, -0.15) is 0 Å². The normalized spacial score (nSPS) is 10.2. The highest BCUT2D eigenvalue weighted by atomic mass is 16.5. The number of hydrogen-bond donors (Lipinski definition) is 1. The van der Waals surface area contributed by atoms with E-state index < -0.39 is 5.97 Å². The van der Waals surface area contributed by atoms with Crippen molar-refractivity contribution in [3.05, 3.63) is 29.8 Å². The molecule has 1 rings (SSSR count). The number of nitrogens with one attached hydrogen (secondary N) is 1. The lowest BCUT2D eigenvalue weighted by Crippen LogP contribution is -2.32. The van der Waals surface area contributed by atoms with E-state index in [4.69, 9.17) is 4.74 Å². The lowest BCUT2D eigenvalue weighted by atomic mass is 10.1. The highest BCUT2D eigenvalue weighted by Crippen LogP contribution is 2.12. The number of carbonyl (C=O) groups excluding carboxylic acids is 2. The summed E-state index contributed by atoms with van der Waals surface area (Å²) in [7, 11) is 0. The maximum atomic E-state index is 11.5. The summed E-state index contributed by atoms with van der Waals surface area (Å²) in [4.78, 5) is 22.8. The molecule has 0 aliphatic carbocycles. The molecule has 0 unspecified atom stereocenters. The summed E-state index contributed by atoms with van der Waals surface area (Å²) in [6.45, 7) is 5.72. The second-order valence-electron chi connectivity index (χ2n) is 4.67. The van der Waals surface area contributed by atoms with E-state index in [9.17, 15) is 9.59 Å². The Balaban J connectivity index is 2.36. The summed E-state index contributed by atoms with van der Waals surface area (Å²) in [5.74, 6) is 0.180. The fraction of sp³-hybridized carbons (Fsp3) is 0.429. The maximum absolute atomic E-state index is 11.5. The molecular weight excluding hydrogens is 230 g/mol. The second-order valence-corrected chi connectivity index (χ2v) is 4.67. The molecule has 0 saturated heterocycles. The Bertz CT molecular complexity index is 427. The third-order valence-corrected chi connectivity index (χ3v) is 2.24. The van der Waals surface area contributed by atoms with Crippen LogP contribution in [-0.4, -0.2) is 18.4 Å². The lowest BCUT2D eigenvalue weighted by molar-refractivity contribution is -0.135. The quantitative estimate of drug-likeness (QED) is 0.642. The van der Waals surface area contributed by atoms with Crippen LogP contribution in [0.4, 0.5) is 0 Å². The second kappa shape index (κ2) is 6.79. The van der Waals surface area contributed by atoms with E-state index in [0.29, 0.717) is 12.2 Å². The Hall–Kier alpha value is -1.84. The van der Waals surface area contributed by atoms with Gasteiger partial charge in [-0.3, -0.25) is 4.79 Å². The highest BCUT2D eigenvalue weighted by molar-refractivity contribution is 5.82. The van der Waals surface area contributed by atoms with Crippen molar-refractivity contribution >= 4 is 11.9 Å². The van der Waals surface area contributed by atoms with E-state index in [1.807, 2.05) is 32.9 Å². The number of aryl methyl sites for hydroxylation is 1. The summed E-state index contributed by atoms with van der Waals surface area (Å²) >= 11 is 0. The van der Waals surface area contributed by atoms with Gasteiger partial charge < -0.3 is 10.1 Å². The minimum atomic E-state index is -0.460. The lowest BCUT2D eigenvalue weighted by Gasteiger charge is -2.07. The standard InChI is InChI=1S/C14H19NO3/c1-10(2)7-13(16)15-9-14(17)18-12-6-4-5-11(3)8-12/h4-6,8,10H,7,9H2,1-3H3,(H,15,16). The SMILES string of the molecule is Cc1cccc(OC(=O)CNC(=O)CC(C)C)c1. The Morgan fingerprint density at radius 3 is 2.67 bits per heavy atom. The molecular formula is C14H19NO3. The molecule has 4 heteroatoms. The van der Waals surface area contributed by atoms with Crippen LogP contribution in [-0.2, 0) is 9.59 Å². The zero-order valence-electron chi connectivity index (χ0n) is 11.0. The fourth-order valence-corrected chi connectivity index (χ4v) is 1.46. The van der Waals surface area contributed by atoms with Crippen LogP contribution >= 0.6 is 0 Å². The van der Waals surface area contributed by atoms with Crippen LogP contribution in [0.5, 0.6) is 5.75 Å². The molecule has 0 aliphatic heterocycles. The molecule has 4 nitrogen and oxygen atoms in total. The molecule has 1 amide bonds. The molecule has 18 heavy (non-hydrogen) atoms. The molecule has 0 aliphatic rings. The van der Waals surface area contributed by atoms with Crippen LogP contribution in [0.25, 0.3) is 0 Å². The number of hydrogen-bond acceptors (Lipinski definition) is 3. The van der Waals surface area contributed by atoms with Crippen molar-refractivity contribution < 1.29 is 14.3 Å². The van der Waals surface area contributed by atoms with Gasteiger partial charge in [0.05, 0.1) is 0 Å². The van der Waals surface area contributed by atoms with Crippen LogP contribution in [0.2, 0.25) is 0 Å². The van der Waals surface area contributed by atoms with Crippen molar-refractivity contribution in [1.82, 2.24) is 5.32 Å². The highest BCUT2D eigenvalue weighted by Gasteiger charge is 2.09. The van der Waals surface area contributed by atoms with Gasteiger partial charge in [-0.25, -0.2) is 4.79 Å². The summed E-state index contributed by atoms with van der Waals surface area (Å²) in [5.41, 5.74) is 1.02. The van der Waals surface area contributed by atoms with Crippen molar-refractivity contribution in [2.24, 2.45) is 5.92 Å². The predicted molar refractivity (Wildman–Crippen MR) is 69.3 cm³/mol. The van der Waals surface area contributed by atoms with E-state index in [1.165, 1.54) is 0 Å². The first-order valence-corrected chi connectivity index (χ1v) is 6.01. The first-order valence-electron chi connectivity index (χ1n) is 6.01. The molecule has 1 N–H and O–H groups in total. The van der Waals surface area contributed by atoms with Crippen molar-refractivity contribution in [2.75, 3.05) is 6.54 Å². The third kappa shape index (κ3) is 5.48. The van der Waals surface area contributed by atoms with Crippen molar-refractivity contribution in [2.45, 2.75) is 27.2 Å². The van der Waals surface area contributed by atoms with E-state index >= 15 is 0 Å². The average Bonchev–Trinajstić information content (AvgIpc) is 2.25. The minimum Gasteiger partial charge on any atom is -0.425 e. The predicted octanol–water partition coefficient (Wildman–Crippen LogP) is 2.06. The van der Waals surface area contributed by atoms with Gasteiger partial charge in [0.15, 0.2) is 0 Å². The summed E-state index contributed by atoms with van der Waals surface area (Å²) in [6.07, 6.45) is 0.414. The van der Waals surface area contributed by atoms with Gasteiger partial charge in [0.1, 0.15) is 12.3 Å². The Kier molecular flexibility index (Phi) is 5.36. The van der Waals surface area contributed by atoms with Gasteiger partial charge in [0, 0.05) is 6.42 Å². The first kappa shape index (κ1) is 14.2. The molecule has 0 saturated carbocycles. The number of benzene rings is 1. The van der Waals surface area contributed by atoms with Crippen LogP contribution in [0.15, 0.2) is 24.3 Å². The Morgan fingerprint density at radius 1 is 1.33 bits per heavy atom. The summed E-state index contributed by atoms with van der Waals surface area (Å²) in [5, 5.41) is 2.54. The van der Waals surface area contributed by atoms with Gasteiger partial charge in [0.2, 0.25) is 5.91 Å². The zero-order chi connectivity index (χ0) is 13.5. The molecule has 98 valence electrons. The zero-order valence-corrected chi connectivity index (χ0v) is 11.0. The monoisotopic (exact) mass is 249 g/mol. The molecule has 0 heterocycles. The topological polar surface area (TPSA) is 55.4 Å². The largest absolute Gasteiger partial charge is 0.425 e. The maximum Gasteiger partial charge on any atom is 0.330 e. The third-order valence-electron chi connectivity index (χ3n) is 2.24. The summed E-state index contributed by atoms with van der Waals surface area (Å²) < 4.78 is 5.10. The van der Waals surface area contributed by atoms with Gasteiger partial charge in [-0.05, 0) is 30.5 Å². The van der Waals surface area contributed by atoms with Crippen molar-refractivity contribution in [1.29, 1.82) is 0 Å². The van der Waals surface area contributed by atoms with Crippen LogP contribution in [0.3, 0.4) is 0 Å². The van der Waals surface area contributed by atoms with Crippen LogP contribution in [0.1, 0.15) is 25.8 Å². The molecule has 0 bridgehead atoms. The van der Waals surface area contributed by atoms with E-state index in [0.717, 1.165) is 5.56 Å². The van der Waals surface area contributed by atoms with E-state index in [-0.39, 0.29) is 18.4 Å². The van der Waals surface area contributed by atoms with E-state index in [1.54, 1.807) is 12.1 Å². The first-order chi connectivity index (χ1) is 8.47. The van der Waals surface area contributed by atoms with Gasteiger partial charge in [-0.15, -0.1) is 0 Å². The number of rotatable bonds is 5. The Labute approximate surface area is 107 Å². The van der Waals surface area contributed by atoms with Gasteiger partial charge in [-0.1, -0.05) is 26.0 Å². The summed E-state index contributed by atoms with van der Waals surface area (Å²) in [6, 6.07) is 7.21. The van der Waals surface area contributed by atoms with Crippen LogP contribution < -0.4 is 10.1 Å². The fourth-order valence-electron chi connectivity index (χ4n) is 1.46. The number of ether oxygens (including phenoxy) is 1. The Morgan fingerprint density at radius 2 is 2.06 bits per heavy atom. The molecule has 0 fully saturated rings. The molecule has 1 aromatic carbocycles. The molecule has 0 atom stereocenters. The molecule has 0 radical (unpaired) electrons.